The van der Waals surface area contributed by atoms with Gasteiger partial charge < -0.3 is 19.3 Å². The summed E-state index contributed by atoms with van der Waals surface area (Å²) in [7, 11) is -4.34. The van der Waals surface area contributed by atoms with Gasteiger partial charge in [0.15, 0.2) is 11.9 Å². The Kier molecular flexibility index (Phi) is 13.0. The van der Waals surface area contributed by atoms with Crippen molar-refractivity contribution in [2.24, 2.45) is 0 Å². The Morgan fingerprint density at radius 2 is 1.36 bits per heavy atom. The van der Waals surface area contributed by atoms with E-state index in [1.54, 1.807) is 24.3 Å². The summed E-state index contributed by atoms with van der Waals surface area (Å²) < 4.78 is 48.7. The van der Waals surface area contributed by atoms with E-state index in [1.165, 1.54) is 0 Å². The minimum absolute atomic E-state index is 0.0297. The molecule has 0 radical (unpaired) electrons. The van der Waals surface area contributed by atoms with Gasteiger partial charge in [-0.2, -0.15) is 0 Å². The summed E-state index contributed by atoms with van der Waals surface area (Å²) in [5, 5.41) is 10.4. The van der Waals surface area contributed by atoms with Gasteiger partial charge in [-0.3, -0.25) is 13.6 Å². The van der Waals surface area contributed by atoms with Gasteiger partial charge in [0.1, 0.15) is 12.7 Å². The molecule has 2 unspecified atom stereocenters. The van der Waals surface area contributed by atoms with Gasteiger partial charge >= 0.3 is 13.8 Å². The Bertz CT molecular complexity index is 1390. The van der Waals surface area contributed by atoms with Crippen molar-refractivity contribution in [1.29, 1.82) is 0 Å². The molecule has 3 aromatic carbocycles. The van der Waals surface area contributed by atoms with E-state index in [2.05, 4.69) is 0 Å². The largest absolute Gasteiger partial charge is 0.490 e. The number of cyclic esters (lactones) is 1. The number of carbonyl (C=O) groups excluding carboxylic acids is 1. The zero-order chi connectivity index (χ0) is 31.0. The highest BCUT2D eigenvalue weighted by molar-refractivity contribution is 7.48. The van der Waals surface area contributed by atoms with Crippen LogP contribution in [0.3, 0.4) is 0 Å². The first-order valence-electron chi connectivity index (χ1n) is 14.3. The van der Waals surface area contributed by atoms with E-state index in [4.69, 9.17) is 27.8 Å². The van der Waals surface area contributed by atoms with Gasteiger partial charge in [-0.25, -0.2) is 9.36 Å². The highest BCUT2D eigenvalue weighted by Crippen LogP contribution is 2.53. The van der Waals surface area contributed by atoms with Crippen molar-refractivity contribution in [3.63, 3.8) is 0 Å². The van der Waals surface area contributed by atoms with Gasteiger partial charge in [0.2, 0.25) is 5.76 Å². The number of carbonyl (C=O) groups is 1. The molecule has 0 amide bonds. The van der Waals surface area contributed by atoms with Crippen molar-refractivity contribution in [2.75, 3.05) is 13.2 Å². The van der Waals surface area contributed by atoms with Gasteiger partial charge in [0, 0.05) is 0 Å². The van der Waals surface area contributed by atoms with E-state index in [-0.39, 0.29) is 37.9 Å². The molecule has 1 N–H and O–H groups in total. The van der Waals surface area contributed by atoms with Gasteiger partial charge in [-0.15, -0.1) is 0 Å². The van der Waals surface area contributed by atoms with Crippen molar-refractivity contribution in [3.8, 4) is 0 Å². The van der Waals surface area contributed by atoms with Crippen molar-refractivity contribution < 1.29 is 42.2 Å². The molecule has 44 heavy (non-hydrogen) atoms. The van der Waals surface area contributed by atoms with E-state index >= 15 is 0 Å². The number of allylic oxidation sites excluding steroid dienone is 3. The molecule has 1 aliphatic heterocycles. The molecule has 2 atom stereocenters. The van der Waals surface area contributed by atoms with Crippen molar-refractivity contribution >= 4 is 13.8 Å². The highest BCUT2D eigenvalue weighted by Gasteiger charge is 2.46. The number of ether oxygens (including phenoxy) is 3. The van der Waals surface area contributed by atoms with Crippen LogP contribution in [0, 0.1) is 0 Å². The van der Waals surface area contributed by atoms with E-state index in [0.29, 0.717) is 6.42 Å². The van der Waals surface area contributed by atoms with Crippen LogP contribution < -0.4 is 0 Å². The number of hydrogen-bond donors (Lipinski definition) is 1. The predicted molar refractivity (Wildman–Crippen MR) is 165 cm³/mol. The molecule has 0 spiro atoms. The molecule has 232 valence electrons. The van der Waals surface area contributed by atoms with Gasteiger partial charge in [-0.05, 0) is 30.0 Å². The lowest BCUT2D eigenvalue weighted by Crippen LogP contribution is -2.35. The number of phosphoric ester groups is 1. The Balaban J connectivity index is 1.56. The van der Waals surface area contributed by atoms with Crippen LogP contribution in [0.25, 0.3) is 0 Å². The third-order valence-electron chi connectivity index (χ3n) is 6.36. The zero-order valence-corrected chi connectivity index (χ0v) is 25.4. The first kappa shape index (κ1) is 32.9. The Labute approximate surface area is 257 Å². The number of benzene rings is 3. The molecule has 9 nitrogen and oxygen atoms in total. The molecular formula is C34H37O9P. The molecule has 0 aliphatic carbocycles. The van der Waals surface area contributed by atoms with Crippen LogP contribution in [0.2, 0.25) is 0 Å². The second-order valence-electron chi connectivity index (χ2n) is 9.68. The Hall–Kier alpha value is -3.98. The lowest BCUT2D eigenvalue weighted by molar-refractivity contribution is -0.148. The third kappa shape index (κ3) is 10.0. The second kappa shape index (κ2) is 17.3. The number of rotatable bonds is 18. The minimum atomic E-state index is -4.34. The van der Waals surface area contributed by atoms with Gasteiger partial charge in [-0.1, -0.05) is 115 Å². The van der Waals surface area contributed by atoms with Gasteiger partial charge in [0.25, 0.3) is 0 Å². The lowest BCUT2D eigenvalue weighted by atomic mass is 10.2. The lowest BCUT2D eigenvalue weighted by Gasteiger charge is -2.27. The van der Waals surface area contributed by atoms with Crippen LogP contribution in [0.1, 0.15) is 30.0 Å². The van der Waals surface area contributed by atoms with E-state index in [1.807, 2.05) is 98.0 Å². The average Bonchev–Trinajstić information content (AvgIpc) is 3.38. The fraction of sp³-hybridized carbons (Fsp3) is 0.265. The predicted octanol–water partition coefficient (Wildman–Crippen LogP) is 6.80. The highest BCUT2D eigenvalue weighted by atomic mass is 31.2. The van der Waals surface area contributed by atoms with Crippen molar-refractivity contribution in [1.82, 2.24) is 0 Å². The molecule has 10 heteroatoms. The number of esters is 1. The molecule has 1 heterocycles. The smallest absolute Gasteiger partial charge is 0.475 e. The summed E-state index contributed by atoms with van der Waals surface area (Å²) in [4.78, 5) is 13.0. The molecule has 0 fully saturated rings. The quantitative estimate of drug-likeness (QED) is 0.0711. The van der Waals surface area contributed by atoms with Gasteiger partial charge in [0.05, 0.1) is 26.4 Å². The SMILES string of the molecule is CC=CC=CCCOC1=C(OCc2ccccc2)C(=O)OC1C(CO)OP(=O)(OCc1ccccc1)OCc1ccccc1. The fourth-order valence-corrected chi connectivity index (χ4v) is 5.45. The Morgan fingerprint density at radius 1 is 0.818 bits per heavy atom. The maximum Gasteiger partial charge on any atom is 0.475 e. The maximum absolute atomic E-state index is 14.0. The first-order valence-corrected chi connectivity index (χ1v) is 15.8. The van der Waals surface area contributed by atoms with Crippen molar-refractivity contribution in [3.05, 3.63) is 144 Å². The summed E-state index contributed by atoms with van der Waals surface area (Å²) in [6.07, 6.45) is 5.45. The standard InChI is InChI=1S/C34H37O9P/c1-2-3-4-5-15-22-38-32-31(42-34(36)33(32)39-24-27-16-9-6-10-17-27)30(23-35)43-44(37,40-25-28-18-11-7-12-19-28)41-26-29-20-13-8-14-21-29/h2-14,16-21,30-31,35H,15,22-26H2,1H3. The summed E-state index contributed by atoms with van der Waals surface area (Å²) in [5.74, 6) is -0.914. The first-order chi connectivity index (χ1) is 21.5. The van der Waals surface area contributed by atoms with Crippen LogP contribution in [-0.4, -0.2) is 36.5 Å². The Morgan fingerprint density at radius 3 is 1.89 bits per heavy atom. The van der Waals surface area contributed by atoms with Crippen LogP contribution in [0.5, 0.6) is 0 Å². The molecule has 1 aliphatic rings. The number of phosphoric acid groups is 1. The number of aliphatic hydroxyl groups excluding tert-OH is 1. The van der Waals surface area contributed by atoms with Crippen LogP contribution >= 0.6 is 7.82 Å². The summed E-state index contributed by atoms with van der Waals surface area (Å²) in [6, 6.07) is 27.5. The maximum atomic E-state index is 14.0. The molecule has 0 saturated heterocycles. The topological polar surface area (TPSA) is 110 Å². The van der Waals surface area contributed by atoms with Crippen LogP contribution in [0.4, 0.5) is 0 Å². The second-order valence-corrected chi connectivity index (χ2v) is 11.3. The fourth-order valence-electron chi connectivity index (χ4n) is 4.13. The number of aliphatic hydroxyl groups is 1. The van der Waals surface area contributed by atoms with E-state index in [9.17, 15) is 14.5 Å². The van der Waals surface area contributed by atoms with Crippen molar-refractivity contribution in [2.45, 2.75) is 45.4 Å². The molecule has 0 aromatic heterocycles. The monoisotopic (exact) mass is 620 g/mol. The van der Waals surface area contributed by atoms with E-state index < -0.39 is 32.6 Å². The summed E-state index contributed by atoms with van der Waals surface area (Å²) in [6.45, 7) is 1.31. The molecule has 0 saturated carbocycles. The third-order valence-corrected chi connectivity index (χ3v) is 7.78. The molecule has 4 rings (SSSR count). The summed E-state index contributed by atoms with van der Waals surface area (Å²) in [5.41, 5.74) is 2.30. The van der Waals surface area contributed by atoms with Crippen LogP contribution in [-0.2, 0) is 57.0 Å². The van der Waals surface area contributed by atoms with Crippen LogP contribution in [0.15, 0.2) is 127 Å². The average molecular weight is 621 g/mol. The molecule has 3 aromatic rings. The summed E-state index contributed by atoms with van der Waals surface area (Å²) >= 11 is 0. The minimum Gasteiger partial charge on any atom is -0.490 e. The molecular weight excluding hydrogens is 583 g/mol. The number of hydrogen-bond acceptors (Lipinski definition) is 9. The van der Waals surface area contributed by atoms with E-state index in [0.717, 1.165) is 16.7 Å². The zero-order valence-electron chi connectivity index (χ0n) is 24.5. The molecule has 0 bridgehead atoms. The normalized spacial score (nSPS) is 16.0.